The quantitative estimate of drug-likeness (QED) is 0.719. The second-order valence-electron chi connectivity index (χ2n) is 4.48. The summed E-state index contributed by atoms with van der Waals surface area (Å²) in [6.07, 6.45) is 0. The van der Waals surface area contributed by atoms with Crippen LogP contribution in [-0.2, 0) is 0 Å². The van der Waals surface area contributed by atoms with Gasteiger partial charge in [0.1, 0.15) is 0 Å². The third-order valence-electron chi connectivity index (χ3n) is 3.10. The average Bonchev–Trinajstić information content (AvgIpc) is 2.43. The Morgan fingerprint density at radius 3 is 2.75 bits per heavy atom. The van der Waals surface area contributed by atoms with Crippen LogP contribution in [0.25, 0.3) is 0 Å². The van der Waals surface area contributed by atoms with Crippen molar-refractivity contribution in [3.8, 4) is 0 Å². The lowest BCUT2D eigenvalue weighted by Crippen LogP contribution is -2.46. The van der Waals surface area contributed by atoms with Crippen molar-refractivity contribution in [3.05, 3.63) is 32.4 Å². The summed E-state index contributed by atoms with van der Waals surface area (Å²) in [7, 11) is 0. The third kappa shape index (κ3) is 5.37. The Labute approximate surface area is 144 Å². The van der Waals surface area contributed by atoms with Crippen LogP contribution in [0.15, 0.2) is 18.2 Å². The number of hydrogen-bond donors (Lipinski definition) is 2. The van der Waals surface area contributed by atoms with Gasteiger partial charge in [0.05, 0.1) is 5.02 Å². The van der Waals surface area contributed by atoms with Gasteiger partial charge >= 0.3 is 0 Å². The maximum atomic E-state index is 12.0. The Kier molecular flexibility index (Phi) is 8.13. The number of rotatable bonds is 4. The number of benzene rings is 1. The van der Waals surface area contributed by atoms with Gasteiger partial charge < -0.3 is 10.6 Å². The van der Waals surface area contributed by atoms with Crippen molar-refractivity contribution in [1.82, 2.24) is 15.5 Å². The first-order valence-electron chi connectivity index (χ1n) is 6.33. The maximum absolute atomic E-state index is 12.0. The van der Waals surface area contributed by atoms with E-state index in [-0.39, 0.29) is 18.3 Å². The first-order valence-corrected chi connectivity index (χ1v) is 7.79. The van der Waals surface area contributed by atoms with Crippen molar-refractivity contribution in [1.29, 1.82) is 0 Å². The van der Waals surface area contributed by atoms with Crippen molar-refractivity contribution in [2.75, 3.05) is 39.3 Å². The summed E-state index contributed by atoms with van der Waals surface area (Å²) in [5.74, 6) is -0.0373. The van der Waals surface area contributed by atoms with E-state index in [9.17, 15) is 4.79 Å². The summed E-state index contributed by atoms with van der Waals surface area (Å²) in [6.45, 7) is 5.74. The monoisotopic (exact) mass is 429 g/mol. The number of hydrogen-bond acceptors (Lipinski definition) is 3. The van der Waals surface area contributed by atoms with Crippen LogP contribution in [0.1, 0.15) is 10.4 Å². The normalized spacial score (nSPS) is 15.5. The fraction of sp³-hybridized carbons (Fsp3) is 0.462. The van der Waals surface area contributed by atoms with E-state index in [1.807, 2.05) is 6.07 Å². The largest absolute Gasteiger partial charge is 0.351 e. The molecule has 0 unspecified atom stereocenters. The molecule has 0 aliphatic carbocycles. The van der Waals surface area contributed by atoms with E-state index in [4.69, 9.17) is 11.6 Å². The predicted octanol–water partition coefficient (Wildman–Crippen LogP) is 2.00. The SMILES string of the molecule is Cl.O=C(NCCN1CCNCC1)c1ccc(Cl)c(I)c1. The second-order valence-corrected chi connectivity index (χ2v) is 6.05. The summed E-state index contributed by atoms with van der Waals surface area (Å²) in [6, 6.07) is 5.32. The number of halogens is 3. The molecule has 1 amide bonds. The van der Waals surface area contributed by atoms with E-state index in [1.54, 1.807) is 12.1 Å². The van der Waals surface area contributed by atoms with Gasteiger partial charge in [-0.25, -0.2) is 0 Å². The molecule has 7 heteroatoms. The van der Waals surface area contributed by atoms with E-state index in [0.717, 1.165) is 36.3 Å². The summed E-state index contributed by atoms with van der Waals surface area (Å²) in [5.41, 5.74) is 0.661. The van der Waals surface area contributed by atoms with Gasteiger partial charge in [0, 0.05) is 48.4 Å². The molecule has 0 radical (unpaired) electrons. The van der Waals surface area contributed by atoms with Crippen molar-refractivity contribution in [3.63, 3.8) is 0 Å². The smallest absolute Gasteiger partial charge is 0.251 e. The van der Waals surface area contributed by atoms with Crippen molar-refractivity contribution in [2.24, 2.45) is 0 Å². The van der Waals surface area contributed by atoms with Gasteiger partial charge in [-0.15, -0.1) is 12.4 Å². The highest BCUT2D eigenvalue weighted by Crippen LogP contribution is 2.19. The van der Waals surface area contributed by atoms with E-state index >= 15 is 0 Å². The van der Waals surface area contributed by atoms with Crippen LogP contribution in [0.3, 0.4) is 0 Å². The van der Waals surface area contributed by atoms with Crippen LogP contribution in [-0.4, -0.2) is 50.1 Å². The molecule has 1 aromatic carbocycles. The van der Waals surface area contributed by atoms with Gasteiger partial charge in [0.15, 0.2) is 0 Å². The van der Waals surface area contributed by atoms with Gasteiger partial charge in [0.2, 0.25) is 0 Å². The zero-order valence-electron chi connectivity index (χ0n) is 11.0. The molecule has 1 saturated heterocycles. The van der Waals surface area contributed by atoms with Gasteiger partial charge in [-0.05, 0) is 40.8 Å². The molecule has 20 heavy (non-hydrogen) atoms. The Bertz CT molecular complexity index is 453. The molecule has 0 spiro atoms. The molecule has 2 rings (SSSR count). The number of carbonyl (C=O) groups excluding carboxylic acids is 1. The van der Waals surface area contributed by atoms with Crippen LogP contribution in [0.4, 0.5) is 0 Å². The lowest BCUT2D eigenvalue weighted by molar-refractivity contribution is 0.0947. The van der Waals surface area contributed by atoms with Gasteiger partial charge in [-0.2, -0.15) is 0 Å². The van der Waals surface area contributed by atoms with Crippen molar-refractivity contribution >= 4 is 52.5 Å². The van der Waals surface area contributed by atoms with Gasteiger partial charge in [-0.1, -0.05) is 11.6 Å². The second kappa shape index (κ2) is 9.04. The molecule has 1 heterocycles. The average molecular weight is 430 g/mol. The van der Waals surface area contributed by atoms with Gasteiger partial charge in [-0.3, -0.25) is 9.69 Å². The third-order valence-corrected chi connectivity index (χ3v) is 4.65. The summed E-state index contributed by atoms with van der Waals surface area (Å²) in [4.78, 5) is 14.3. The van der Waals surface area contributed by atoms with Crippen molar-refractivity contribution in [2.45, 2.75) is 0 Å². The number of amides is 1. The molecule has 1 aliphatic heterocycles. The molecule has 0 bridgehead atoms. The first-order chi connectivity index (χ1) is 9.16. The number of piperazine rings is 1. The predicted molar refractivity (Wildman–Crippen MR) is 93.1 cm³/mol. The number of nitrogens with zero attached hydrogens (tertiary/aromatic N) is 1. The highest BCUT2D eigenvalue weighted by atomic mass is 127. The Morgan fingerprint density at radius 1 is 1.40 bits per heavy atom. The number of carbonyl (C=O) groups is 1. The minimum absolute atomic E-state index is 0. The van der Waals surface area contributed by atoms with Crippen LogP contribution in [0.2, 0.25) is 5.02 Å². The molecule has 1 fully saturated rings. The summed E-state index contributed by atoms with van der Waals surface area (Å²) in [5, 5.41) is 6.93. The standard InChI is InChI=1S/C13H17ClIN3O.ClH/c14-11-2-1-10(9-12(11)15)13(19)17-5-8-18-6-3-16-4-7-18;/h1-2,9,16H,3-8H2,(H,17,19);1H. The maximum Gasteiger partial charge on any atom is 0.251 e. The topological polar surface area (TPSA) is 44.4 Å². The highest BCUT2D eigenvalue weighted by Gasteiger charge is 2.10. The fourth-order valence-electron chi connectivity index (χ4n) is 2.00. The molecule has 2 N–H and O–H groups in total. The molecule has 0 atom stereocenters. The van der Waals surface area contributed by atoms with Crippen LogP contribution in [0, 0.1) is 3.57 Å². The van der Waals surface area contributed by atoms with Gasteiger partial charge in [0.25, 0.3) is 5.91 Å². The molecule has 0 aromatic heterocycles. The Morgan fingerprint density at radius 2 is 2.10 bits per heavy atom. The lowest BCUT2D eigenvalue weighted by atomic mass is 10.2. The molecular weight excluding hydrogens is 412 g/mol. The minimum Gasteiger partial charge on any atom is -0.351 e. The van der Waals surface area contributed by atoms with Crippen LogP contribution in [0.5, 0.6) is 0 Å². The molecule has 1 aromatic rings. The van der Waals surface area contributed by atoms with E-state index in [2.05, 4.69) is 38.1 Å². The fourth-order valence-corrected chi connectivity index (χ4v) is 2.63. The molecular formula is C13H18Cl2IN3O. The summed E-state index contributed by atoms with van der Waals surface area (Å²) >= 11 is 8.07. The molecule has 112 valence electrons. The van der Waals surface area contributed by atoms with Crippen LogP contribution >= 0.6 is 46.6 Å². The zero-order chi connectivity index (χ0) is 13.7. The Balaban J connectivity index is 0.00000200. The zero-order valence-corrected chi connectivity index (χ0v) is 14.7. The Hall–Kier alpha value is -0.0800. The van der Waals surface area contributed by atoms with E-state index in [1.165, 1.54) is 0 Å². The molecule has 4 nitrogen and oxygen atoms in total. The minimum atomic E-state index is -0.0373. The highest BCUT2D eigenvalue weighted by molar-refractivity contribution is 14.1. The lowest BCUT2D eigenvalue weighted by Gasteiger charge is -2.27. The number of nitrogens with one attached hydrogen (secondary N) is 2. The van der Waals surface area contributed by atoms with Crippen molar-refractivity contribution < 1.29 is 4.79 Å². The summed E-state index contributed by atoms with van der Waals surface area (Å²) < 4.78 is 0.897. The van der Waals surface area contributed by atoms with Crippen LogP contribution < -0.4 is 10.6 Å². The molecule has 0 saturated carbocycles. The molecule has 1 aliphatic rings. The van der Waals surface area contributed by atoms with E-state index in [0.29, 0.717) is 17.1 Å². The van der Waals surface area contributed by atoms with E-state index < -0.39 is 0 Å². The first kappa shape index (κ1) is 18.0.